The van der Waals surface area contributed by atoms with Crippen molar-refractivity contribution in [2.75, 3.05) is 0 Å². The number of aromatic nitrogens is 1. The van der Waals surface area contributed by atoms with Gasteiger partial charge in [0.2, 0.25) is 0 Å². The number of thiazole rings is 1. The van der Waals surface area contributed by atoms with Crippen molar-refractivity contribution in [3.05, 3.63) is 29.3 Å². The SMILES string of the molecule is N#CC[C@@H](Cc1nc2ccccc2s1)C(F)(F)F. The summed E-state index contributed by atoms with van der Waals surface area (Å²) in [5, 5.41) is 8.88. The summed E-state index contributed by atoms with van der Waals surface area (Å²) < 4.78 is 38.9. The van der Waals surface area contributed by atoms with E-state index in [-0.39, 0.29) is 6.42 Å². The van der Waals surface area contributed by atoms with Crippen LogP contribution in [0, 0.1) is 17.2 Å². The Balaban J connectivity index is 2.24. The summed E-state index contributed by atoms with van der Waals surface area (Å²) in [6.07, 6.45) is -5.11. The summed E-state index contributed by atoms with van der Waals surface area (Å²) in [6.45, 7) is 0. The zero-order valence-corrected chi connectivity index (χ0v) is 10.1. The van der Waals surface area contributed by atoms with Crippen molar-refractivity contribution in [3.8, 4) is 6.07 Å². The Kier molecular flexibility index (Phi) is 3.53. The molecule has 0 saturated heterocycles. The number of para-hydroxylation sites is 1. The number of alkyl halides is 3. The Morgan fingerprint density at radius 1 is 1.33 bits per heavy atom. The van der Waals surface area contributed by atoms with Crippen molar-refractivity contribution in [1.29, 1.82) is 5.26 Å². The van der Waals surface area contributed by atoms with Gasteiger partial charge in [-0.3, -0.25) is 0 Å². The van der Waals surface area contributed by atoms with E-state index in [1.807, 2.05) is 12.1 Å². The number of halogens is 3. The standard InChI is InChI=1S/C12H9F3N2S/c13-12(14,15)8(5-6-16)7-11-17-9-3-1-2-4-10(9)18-11/h1-4,8H,5,7H2/t8-/m0/s1. The van der Waals surface area contributed by atoms with E-state index in [1.165, 1.54) is 11.3 Å². The summed E-state index contributed by atoms with van der Waals surface area (Å²) in [5.74, 6) is -1.64. The average Bonchev–Trinajstić information content (AvgIpc) is 2.69. The van der Waals surface area contributed by atoms with Crippen LogP contribution in [0.3, 0.4) is 0 Å². The minimum absolute atomic E-state index is 0.226. The summed E-state index contributed by atoms with van der Waals surface area (Å²) in [7, 11) is 0. The quantitative estimate of drug-likeness (QED) is 0.847. The fourth-order valence-corrected chi connectivity index (χ4v) is 2.68. The molecule has 0 bridgehead atoms. The Morgan fingerprint density at radius 3 is 2.67 bits per heavy atom. The molecule has 0 radical (unpaired) electrons. The van der Waals surface area contributed by atoms with Crippen LogP contribution in [0.4, 0.5) is 13.2 Å². The van der Waals surface area contributed by atoms with Gasteiger partial charge in [0.15, 0.2) is 0 Å². The first-order valence-electron chi connectivity index (χ1n) is 5.29. The van der Waals surface area contributed by atoms with Gasteiger partial charge in [-0.05, 0) is 12.1 Å². The number of nitriles is 1. The maximum atomic E-state index is 12.7. The zero-order valence-electron chi connectivity index (χ0n) is 9.24. The highest BCUT2D eigenvalue weighted by Crippen LogP contribution is 2.33. The molecule has 6 heteroatoms. The molecule has 1 atom stereocenters. The minimum atomic E-state index is -4.35. The summed E-state index contributed by atoms with van der Waals surface area (Å²) >= 11 is 1.25. The van der Waals surface area contributed by atoms with Gasteiger partial charge < -0.3 is 0 Å². The number of hydrogen-bond acceptors (Lipinski definition) is 3. The lowest BCUT2D eigenvalue weighted by atomic mass is 10.0. The highest BCUT2D eigenvalue weighted by atomic mass is 32.1. The van der Waals surface area contributed by atoms with Gasteiger partial charge in [0.05, 0.1) is 27.2 Å². The summed E-state index contributed by atoms with van der Waals surface area (Å²) in [6, 6.07) is 8.79. The van der Waals surface area contributed by atoms with E-state index in [1.54, 1.807) is 18.2 Å². The van der Waals surface area contributed by atoms with Crippen LogP contribution in [-0.2, 0) is 6.42 Å². The van der Waals surface area contributed by atoms with E-state index < -0.39 is 18.5 Å². The molecule has 1 aromatic carbocycles. The van der Waals surface area contributed by atoms with Crippen LogP contribution in [0.15, 0.2) is 24.3 Å². The molecule has 0 N–H and O–H groups in total. The number of rotatable bonds is 3. The molecule has 0 spiro atoms. The Labute approximate surface area is 106 Å². The van der Waals surface area contributed by atoms with Crippen molar-refractivity contribution >= 4 is 21.6 Å². The van der Waals surface area contributed by atoms with Crippen molar-refractivity contribution in [2.24, 2.45) is 5.92 Å². The molecule has 0 aliphatic heterocycles. The van der Waals surface area contributed by atoms with E-state index in [4.69, 9.17) is 5.26 Å². The Morgan fingerprint density at radius 2 is 2.06 bits per heavy atom. The second kappa shape index (κ2) is 4.94. The monoisotopic (exact) mass is 270 g/mol. The van der Waals surface area contributed by atoms with Gasteiger partial charge >= 0.3 is 6.18 Å². The number of fused-ring (bicyclic) bond motifs is 1. The van der Waals surface area contributed by atoms with Gasteiger partial charge in [0.1, 0.15) is 0 Å². The second-order valence-electron chi connectivity index (χ2n) is 3.88. The van der Waals surface area contributed by atoms with Gasteiger partial charge in [-0.15, -0.1) is 11.3 Å². The van der Waals surface area contributed by atoms with Crippen LogP contribution in [0.1, 0.15) is 11.4 Å². The third-order valence-corrected chi connectivity index (χ3v) is 3.62. The van der Waals surface area contributed by atoms with Gasteiger partial charge in [-0.25, -0.2) is 4.98 Å². The smallest absolute Gasteiger partial charge is 0.241 e. The first-order chi connectivity index (χ1) is 8.50. The largest absolute Gasteiger partial charge is 0.393 e. The molecule has 2 rings (SSSR count). The first kappa shape index (κ1) is 12.8. The van der Waals surface area contributed by atoms with Gasteiger partial charge in [-0.2, -0.15) is 18.4 Å². The maximum Gasteiger partial charge on any atom is 0.393 e. The van der Waals surface area contributed by atoms with Gasteiger partial charge in [0, 0.05) is 12.8 Å². The fourth-order valence-electron chi connectivity index (χ4n) is 1.63. The van der Waals surface area contributed by atoms with Crippen molar-refractivity contribution in [2.45, 2.75) is 19.0 Å². The van der Waals surface area contributed by atoms with Crippen LogP contribution >= 0.6 is 11.3 Å². The van der Waals surface area contributed by atoms with E-state index in [0.29, 0.717) is 10.5 Å². The average molecular weight is 270 g/mol. The molecule has 0 aliphatic carbocycles. The lowest BCUT2D eigenvalue weighted by molar-refractivity contribution is -0.172. The highest BCUT2D eigenvalue weighted by molar-refractivity contribution is 7.18. The fraction of sp³-hybridized carbons (Fsp3) is 0.333. The van der Waals surface area contributed by atoms with Crippen LogP contribution < -0.4 is 0 Å². The molecule has 0 fully saturated rings. The second-order valence-corrected chi connectivity index (χ2v) is 5.00. The first-order valence-corrected chi connectivity index (χ1v) is 6.10. The summed E-state index contributed by atoms with van der Waals surface area (Å²) in [4.78, 5) is 4.16. The molecule has 0 saturated carbocycles. The van der Waals surface area contributed by atoms with E-state index >= 15 is 0 Å². The lowest BCUT2D eigenvalue weighted by Gasteiger charge is -2.15. The van der Waals surface area contributed by atoms with Gasteiger partial charge in [-0.1, -0.05) is 12.1 Å². The molecule has 94 valence electrons. The molecule has 18 heavy (non-hydrogen) atoms. The predicted molar refractivity (Wildman–Crippen MR) is 63.1 cm³/mol. The molecule has 2 aromatic rings. The van der Waals surface area contributed by atoms with Crippen molar-refractivity contribution in [3.63, 3.8) is 0 Å². The van der Waals surface area contributed by atoms with Crippen LogP contribution in [0.25, 0.3) is 10.2 Å². The minimum Gasteiger partial charge on any atom is -0.241 e. The molecule has 1 aromatic heterocycles. The lowest BCUT2D eigenvalue weighted by Crippen LogP contribution is -2.24. The van der Waals surface area contributed by atoms with E-state index in [0.717, 1.165) is 4.70 Å². The highest BCUT2D eigenvalue weighted by Gasteiger charge is 2.39. The normalized spacial score (nSPS) is 13.4. The summed E-state index contributed by atoms with van der Waals surface area (Å²) in [5.41, 5.74) is 0.704. The molecular formula is C12H9F3N2S. The van der Waals surface area contributed by atoms with Gasteiger partial charge in [0.25, 0.3) is 0 Å². The zero-order chi connectivity index (χ0) is 13.2. The Bertz CT molecular complexity index is 550. The van der Waals surface area contributed by atoms with Crippen molar-refractivity contribution < 1.29 is 13.2 Å². The number of hydrogen-bond donors (Lipinski definition) is 0. The van der Waals surface area contributed by atoms with Crippen LogP contribution in [0.2, 0.25) is 0 Å². The van der Waals surface area contributed by atoms with Crippen LogP contribution in [-0.4, -0.2) is 11.2 Å². The number of nitrogens with zero attached hydrogens (tertiary/aromatic N) is 2. The molecular weight excluding hydrogens is 261 g/mol. The van der Waals surface area contributed by atoms with E-state index in [9.17, 15) is 13.2 Å². The predicted octanol–water partition coefficient (Wildman–Crippen LogP) is 3.93. The molecule has 0 aliphatic rings. The van der Waals surface area contributed by atoms with E-state index in [2.05, 4.69) is 4.98 Å². The molecule has 0 amide bonds. The molecule has 0 unspecified atom stereocenters. The third kappa shape index (κ3) is 2.79. The molecule has 1 heterocycles. The Hall–Kier alpha value is -1.61. The number of benzene rings is 1. The third-order valence-electron chi connectivity index (χ3n) is 2.56. The topological polar surface area (TPSA) is 36.7 Å². The van der Waals surface area contributed by atoms with Crippen LogP contribution in [0.5, 0.6) is 0 Å². The molecule has 2 nitrogen and oxygen atoms in total. The maximum absolute atomic E-state index is 12.7. The van der Waals surface area contributed by atoms with Crippen molar-refractivity contribution in [1.82, 2.24) is 4.98 Å².